The fourth-order valence-corrected chi connectivity index (χ4v) is 2.16. The molecule has 1 N–H and O–H groups in total. The van der Waals surface area contributed by atoms with Crippen molar-refractivity contribution < 1.29 is 4.74 Å². The number of hydrogen-bond acceptors (Lipinski definition) is 3. The fourth-order valence-electron chi connectivity index (χ4n) is 1.62. The summed E-state index contributed by atoms with van der Waals surface area (Å²) in [6.45, 7) is 1.37. The molecular formula is C14H15BrN2O. The maximum Gasteiger partial charge on any atom is 0.134 e. The third-order valence-corrected chi connectivity index (χ3v) is 3.11. The van der Waals surface area contributed by atoms with Crippen LogP contribution in [0.3, 0.4) is 0 Å². The topological polar surface area (TPSA) is 34.1 Å². The summed E-state index contributed by atoms with van der Waals surface area (Å²) in [4.78, 5) is 4.06. The summed E-state index contributed by atoms with van der Waals surface area (Å²) in [5.41, 5.74) is 2.28. The van der Waals surface area contributed by atoms with E-state index in [1.54, 1.807) is 6.20 Å². The summed E-state index contributed by atoms with van der Waals surface area (Å²) >= 11 is 3.52. The van der Waals surface area contributed by atoms with Crippen molar-refractivity contribution in [2.75, 3.05) is 7.05 Å². The van der Waals surface area contributed by atoms with Gasteiger partial charge in [-0.2, -0.15) is 0 Å². The van der Waals surface area contributed by atoms with Crippen LogP contribution in [-0.4, -0.2) is 12.0 Å². The molecule has 0 atom stereocenters. The molecule has 18 heavy (non-hydrogen) atoms. The quantitative estimate of drug-likeness (QED) is 0.921. The average molecular weight is 307 g/mol. The Morgan fingerprint density at radius 1 is 1.28 bits per heavy atom. The second-order valence-electron chi connectivity index (χ2n) is 3.95. The molecule has 94 valence electrons. The zero-order valence-corrected chi connectivity index (χ0v) is 11.8. The Bertz CT molecular complexity index is 502. The lowest BCUT2D eigenvalue weighted by Crippen LogP contribution is -2.05. The average Bonchev–Trinajstić information content (AvgIpc) is 2.39. The van der Waals surface area contributed by atoms with E-state index in [1.807, 2.05) is 31.4 Å². The van der Waals surface area contributed by atoms with Crippen LogP contribution in [0.2, 0.25) is 0 Å². The molecule has 0 saturated heterocycles. The number of rotatable bonds is 5. The van der Waals surface area contributed by atoms with Crippen molar-refractivity contribution in [1.82, 2.24) is 10.3 Å². The number of nitrogens with zero attached hydrogens (tertiary/aromatic N) is 1. The van der Waals surface area contributed by atoms with Crippen molar-refractivity contribution in [1.29, 1.82) is 0 Å². The Morgan fingerprint density at radius 2 is 2.17 bits per heavy atom. The lowest BCUT2D eigenvalue weighted by Gasteiger charge is -2.09. The van der Waals surface area contributed by atoms with Gasteiger partial charge in [-0.1, -0.05) is 12.1 Å². The maximum atomic E-state index is 5.75. The summed E-state index contributed by atoms with van der Waals surface area (Å²) in [5.74, 6) is 0.846. The Hall–Kier alpha value is -1.39. The van der Waals surface area contributed by atoms with Crippen LogP contribution in [0.5, 0.6) is 5.75 Å². The number of hydrogen-bond donors (Lipinski definition) is 1. The highest BCUT2D eigenvalue weighted by molar-refractivity contribution is 9.10. The van der Waals surface area contributed by atoms with E-state index in [1.165, 1.54) is 5.56 Å². The first kappa shape index (κ1) is 13.1. The van der Waals surface area contributed by atoms with Gasteiger partial charge in [-0.15, -0.1) is 0 Å². The molecule has 0 saturated carbocycles. The van der Waals surface area contributed by atoms with Gasteiger partial charge < -0.3 is 10.1 Å². The van der Waals surface area contributed by atoms with Gasteiger partial charge in [0.2, 0.25) is 0 Å². The van der Waals surface area contributed by atoms with Crippen molar-refractivity contribution in [3.05, 3.63) is 58.3 Å². The van der Waals surface area contributed by atoms with Crippen LogP contribution in [0.15, 0.2) is 47.2 Å². The van der Waals surface area contributed by atoms with E-state index in [-0.39, 0.29) is 0 Å². The highest BCUT2D eigenvalue weighted by atomic mass is 79.9. The summed E-state index contributed by atoms with van der Waals surface area (Å²) in [6.07, 6.45) is 3.56. The van der Waals surface area contributed by atoms with Crippen molar-refractivity contribution in [3.8, 4) is 5.75 Å². The zero-order chi connectivity index (χ0) is 12.8. The van der Waals surface area contributed by atoms with Crippen LogP contribution in [0.4, 0.5) is 0 Å². The van der Waals surface area contributed by atoms with Gasteiger partial charge in [-0.05, 0) is 46.7 Å². The molecule has 3 nitrogen and oxygen atoms in total. The van der Waals surface area contributed by atoms with Crippen LogP contribution in [0, 0.1) is 0 Å². The summed E-state index contributed by atoms with van der Waals surface area (Å²) in [6, 6.07) is 10.0. The first-order chi connectivity index (χ1) is 8.79. The predicted molar refractivity (Wildman–Crippen MR) is 75.5 cm³/mol. The van der Waals surface area contributed by atoms with E-state index in [9.17, 15) is 0 Å². The smallest absolute Gasteiger partial charge is 0.134 e. The normalized spacial score (nSPS) is 10.3. The van der Waals surface area contributed by atoms with Gasteiger partial charge in [0.05, 0.1) is 4.47 Å². The highest BCUT2D eigenvalue weighted by Gasteiger charge is 2.03. The van der Waals surface area contributed by atoms with Crippen LogP contribution >= 0.6 is 15.9 Å². The van der Waals surface area contributed by atoms with Crippen molar-refractivity contribution in [2.45, 2.75) is 13.2 Å². The maximum absolute atomic E-state index is 5.75. The molecule has 0 bridgehead atoms. The highest BCUT2D eigenvalue weighted by Crippen LogP contribution is 2.26. The number of ether oxygens (including phenoxy) is 1. The second-order valence-corrected chi connectivity index (χ2v) is 4.80. The molecule has 0 aliphatic heterocycles. The molecule has 0 radical (unpaired) electrons. The third-order valence-electron chi connectivity index (χ3n) is 2.49. The van der Waals surface area contributed by atoms with Crippen molar-refractivity contribution in [3.63, 3.8) is 0 Å². The number of halogens is 1. The fraction of sp³-hybridized carbons (Fsp3) is 0.214. The Kier molecular flexibility index (Phi) is 4.73. The lowest BCUT2D eigenvalue weighted by atomic mass is 10.2. The molecule has 0 unspecified atom stereocenters. The van der Waals surface area contributed by atoms with Gasteiger partial charge in [-0.3, -0.25) is 4.98 Å². The van der Waals surface area contributed by atoms with E-state index in [0.29, 0.717) is 6.61 Å². The molecular weight excluding hydrogens is 292 g/mol. The first-order valence-electron chi connectivity index (χ1n) is 5.74. The van der Waals surface area contributed by atoms with Crippen molar-refractivity contribution in [2.24, 2.45) is 0 Å². The Morgan fingerprint density at radius 3 is 2.83 bits per heavy atom. The van der Waals surface area contributed by atoms with Gasteiger partial charge in [0, 0.05) is 24.5 Å². The van der Waals surface area contributed by atoms with E-state index < -0.39 is 0 Å². The van der Waals surface area contributed by atoms with Gasteiger partial charge in [0.15, 0.2) is 0 Å². The number of pyridine rings is 1. The zero-order valence-electron chi connectivity index (χ0n) is 10.2. The van der Waals surface area contributed by atoms with Crippen LogP contribution in [0.25, 0.3) is 0 Å². The van der Waals surface area contributed by atoms with Crippen molar-refractivity contribution >= 4 is 15.9 Å². The molecule has 0 spiro atoms. The molecule has 0 amide bonds. The first-order valence-corrected chi connectivity index (χ1v) is 6.53. The molecule has 2 aromatic rings. The molecule has 0 aliphatic carbocycles. The van der Waals surface area contributed by atoms with E-state index in [0.717, 1.165) is 22.3 Å². The Labute approximate surface area is 115 Å². The molecule has 0 fully saturated rings. The largest absolute Gasteiger partial charge is 0.488 e. The Balaban J connectivity index is 2.01. The number of aromatic nitrogens is 1. The van der Waals surface area contributed by atoms with Crippen LogP contribution in [-0.2, 0) is 13.2 Å². The van der Waals surface area contributed by atoms with E-state index in [2.05, 4.69) is 38.4 Å². The summed E-state index contributed by atoms with van der Waals surface area (Å²) < 4.78 is 6.72. The second kappa shape index (κ2) is 6.52. The summed E-state index contributed by atoms with van der Waals surface area (Å²) in [5, 5.41) is 3.12. The minimum Gasteiger partial charge on any atom is -0.488 e. The number of benzene rings is 1. The predicted octanol–water partition coefficient (Wildman–Crippen LogP) is 3.14. The summed E-state index contributed by atoms with van der Waals surface area (Å²) in [7, 11) is 1.93. The molecule has 2 rings (SSSR count). The van der Waals surface area contributed by atoms with Gasteiger partial charge in [0.25, 0.3) is 0 Å². The van der Waals surface area contributed by atoms with Crippen LogP contribution in [0.1, 0.15) is 11.1 Å². The lowest BCUT2D eigenvalue weighted by molar-refractivity contribution is 0.303. The molecule has 0 aliphatic rings. The minimum absolute atomic E-state index is 0.526. The molecule has 1 aromatic carbocycles. The number of nitrogens with one attached hydrogen (secondary N) is 1. The molecule has 1 heterocycles. The van der Waals surface area contributed by atoms with Gasteiger partial charge in [-0.25, -0.2) is 0 Å². The van der Waals surface area contributed by atoms with Gasteiger partial charge in [0.1, 0.15) is 12.4 Å². The van der Waals surface area contributed by atoms with Gasteiger partial charge >= 0.3 is 0 Å². The van der Waals surface area contributed by atoms with E-state index in [4.69, 9.17) is 4.74 Å². The third kappa shape index (κ3) is 3.55. The molecule has 4 heteroatoms. The minimum atomic E-state index is 0.526. The monoisotopic (exact) mass is 306 g/mol. The van der Waals surface area contributed by atoms with E-state index >= 15 is 0 Å². The standard InChI is InChI=1S/C14H15BrN2O/c1-16-8-11-4-5-14(13(15)7-11)18-10-12-3-2-6-17-9-12/h2-7,9,16H,8,10H2,1H3. The molecule has 1 aromatic heterocycles. The SMILES string of the molecule is CNCc1ccc(OCc2cccnc2)c(Br)c1. The van der Waals surface area contributed by atoms with Crippen LogP contribution < -0.4 is 10.1 Å².